The SMILES string of the molecule is CO[C@@H](/C=C/[C@@H]1[C@@H](C/C=C\CCCC(=O)O)[C@@H](O)C[C@H]1O)CCc1ccsc1C. The summed E-state index contributed by atoms with van der Waals surface area (Å²) in [5, 5.41) is 31.5. The van der Waals surface area contributed by atoms with E-state index in [4.69, 9.17) is 9.84 Å². The van der Waals surface area contributed by atoms with Crippen molar-refractivity contribution in [1.82, 2.24) is 0 Å². The number of unbranched alkanes of at least 4 members (excludes halogenated alkanes) is 1. The number of rotatable bonds is 12. The van der Waals surface area contributed by atoms with Crippen LogP contribution in [0.5, 0.6) is 0 Å². The van der Waals surface area contributed by atoms with Gasteiger partial charge in [0.2, 0.25) is 0 Å². The molecule has 1 aromatic rings. The van der Waals surface area contributed by atoms with Gasteiger partial charge in [0.1, 0.15) is 0 Å². The number of carboxylic acid groups (broad SMARTS) is 1. The molecule has 1 saturated carbocycles. The Labute approximate surface area is 177 Å². The maximum atomic E-state index is 10.5. The topological polar surface area (TPSA) is 87.0 Å². The highest BCUT2D eigenvalue weighted by atomic mass is 32.1. The quantitative estimate of drug-likeness (QED) is 0.348. The number of carbonyl (C=O) groups is 1. The number of hydrogen-bond donors (Lipinski definition) is 3. The smallest absolute Gasteiger partial charge is 0.303 e. The Morgan fingerprint density at radius 1 is 1.34 bits per heavy atom. The summed E-state index contributed by atoms with van der Waals surface area (Å²) in [6.45, 7) is 2.13. The maximum Gasteiger partial charge on any atom is 0.303 e. The molecule has 2 rings (SSSR count). The zero-order chi connectivity index (χ0) is 21.2. The summed E-state index contributed by atoms with van der Waals surface area (Å²) < 4.78 is 5.60. The predicted molar refractivity (Wildman–Crippen MR) is 116 cm³/mol. The Kier molecular flexibility index (Phi) is 10.1. The van der Waals surface area contributed by atoms with E-state index in [1.807, 2.05) is 24.3 Å². The lowest BCUT2D eigenvalue weighted by atomic mass is 9.89. The molecule has 0 unspecified atom stereocenters. The molecule has 1 aromatic heterocycles. The van der Waals surface area contributed by atoms with Crippen molar-refractivity contribution in [3.05, 3.63) is 46.2 Å². The second-order valence-electron chi connectivity index (χ2n) is 7.80. The van der Waals surface area contributed by atoms with Crippen molar-refractivity contribution in [2.24, 2.45) is 11.8 Å². The number of aliphatic carboxylic acids is 1. The van der Waals surface area contributed by atoms with E-state index < -0.39 is 18.2 Å². The van der Waals surface area contributed by atoms with Gasteiger partial charge >= 0.3 is 5.97 Å². The maximum absolute atomic E-state index is 10.5. The lowest BCUT2D eigenvalue weighted by molar-refractivity contribution is -0.137. The molecule has 0 bridgehead atoms. The van der Waals surface area contributed by atoms with Crippen LogP contribution in [0.1, 0.15) is 49.0 Å². The standard InChI is InChI=1S/C23H34O5S/c1-16-17(13-14-29-16)9-10-18(28-2)11-12-20-19(21(24)15-22(20)25)7-5-3-4-6-8-23(26)27/h3,5,11-14,18-22,24-25H,4,6-10,15H2,1-2H3,(H,26,27)/b5-3-,12-11+/t18-,19-,20-,21+,22-/m1/s1. The molecule has 5 nitrogen and oxygen atoms in total. The summed E-state index contributed by atoms with van der Waals surface area (Å²) in [5.41, 5.74) is 1.35. The predicted octanol–water partition coefficient (Wildman–Crippen LogP) is 4.12. The molecule has 1 aliphatic rings. The molecule has 29 heavy (non-hydrogen) atoms. The van der Waals surface area contributed by atoms with Crippen molar-refractivity contribution in [2.75, 3.05) is 7.11 Å². The van der Waals surface area contributed by atoms with Crippen molar-refractivity contribution in [1.29, 1.82) is 0 Å². The number of hydrogen-bond acceptors (Lipinski definition) is 5. The second kappa shape index (κ2) is 12.3. The number of thiophene rings is 1. The van der Waals surface area contributed by atoms with Gasteiger partial charge in [0.25, 0.3) is 0 Å². The molecule has 3 N–H and O–H groups in total. The fourth-order valence-corrected chi connectivity index (χ4v) is 4.72. The van der Waals surface area contributed by atoms with Crippen LogP contribution in [0, 0.1) is 18.8 Å². The number of aryl methyl sites for hydroxylation is 2. The summed E-state index contributed by atoms with van der Waals surface area (Å²) in [4.78, 5) is 11.9. The summed E-state index contributed by atoms with van der Waals surface area (Å²) >= 11 is 1.76. The Bertz CT molecular complexity index is 681. The lowest BCUT2D eigenvalue weighted by Gasteiger charge is -2.20. The Morgan fingerprint density at radius 2 is 2.14 bits per heavy atom. The number of methoxy groups -OCH3 is 1. The molecule has 162 valence electrons. The molecule has 0 saturated heterocycles. The normalized spacial score (nSPS) is 25.9. The van der Waals surface area contributed by atoms with Crippen LogP contribution in [0.4, 0.5) is 0 Å². The van der Waals surface area contributed by atoms with Gasteiger partial charge in [-0.25, -0.2) is 0 Å². The number of carboxylic acids is 1. The Hall–Kier alpha value is -1.47. The first-order valence-electron chi connectivity index (χ1n) is 10.4. The van der Waals surface area contributed by atoms with Gasteiger partial charge in [-0.2, -0.15) is 0 Å². The summed E-state index contributed by atoms with van der Waals surface area (Å²) in [6, 6.07) is 2.16. The van der Waals surface area contributed by atoms with Gasteiger partial charge in [-0.1, -0.05) is 24.3 Å². The lowest BCUT2D eigenvalue weighted by Crippen LogP contribution is -2.20. The minimum absolute atomic E-state index is 0.0218. The molecule has 0 amide bonds. The van der Waals surface area contributed by atoms with Crippen LogP contribution in [0.3, 0.4) is 0 Å². The highest BCUT2D eigenvalue weighted by molar-refractivity contribution is 7.10. The number of ether oxygens (including phenoxy) is 1. The zero-order valence-electron chi connectivity index (χ0n) is 17.4. The van der Waals surface area contributed by atoms with Crippen LogP contribution < -0.4 is 0 Å². The van der Waals surface area contributed by atoms with Gasteiger partial charge in [0.15, 0.2) is 0 Å². The van der Waals surface area contributed by atoms with Crippen molar-refractivity contribution >= 4 is 17.3 Å². The van der Waals surface area contributed by atoms with Gasteiger partial charge in [-0.05, 0) is 62.0 Å². The summed E-state index contributed by atoms with van der Waals surface area (Å²) in [5.74, 6) is -0.914. The third-order valence-corrected chi connectivity index (χ3v) is 6.66. The second-order valence-corrected chi connectivity index (χ2v) is 8.92. The molecular formula is C23H34O5S. The summed E-state index contributed by atoms with van der Waals surface area (Å²) in [6.07, 6.45) is 11.3. The Morgan fingerprint density at radius 3 is 2.79 bits per heavy atom. The summed E-state index contributed by atoms with van der Waals surface area (Å²) in [7, 11) is 1.70. The van der Waals surface area contributed by atoms with Crippen molar-refractivity contribution in [3.8, 4) is 0 Å². The van der Waals surface area contributed by atoms with Crippen LogP contribution in [-0.4, -0.2) is 46.7 Å². The molecule has 1 fully saturated rings. The number of aliphatic hydroxyl groups is 2. The van der Waals surface area contributed by atoms with E-state index in [1.165, 1.54) is 10.4 Å². The third-order valence-electron chi connectivity index (χ3n) is 5.77. The third kappa shape index (κ3) is 7.70. The van der Waals surface area contributed by atoms with Crippen molar-refractivity contribution in [3.63, 3.8) is 0 Å². The van der Waals surface area contributed by atoms with E-state index in [9.17, 15) is 15.0 Å². The van der Waals surface area contributed by atoms with Crippen LogP contribution in [0.25, 0.3) is 0 Å². The van der Waals surface area contributed by atoms with Crippen LogP contribution in [0.15, 0.2) is 35.8 Å². The molecule has 0 radical (unpaired) electrons. The monoisotopic (exact) mass is 422 g/mol. The van der Waals surface area contributed by atoms with Crippen molar-refractivity contribution < 1.29 is 24.9 Å². The van der Waals surface area contributed by atoms with E-state index in [0.717, 1.165) is 12.8 Å². The molecule has 5 atom stereocenters. The van der Waals surface area contributed by atoms with Gasteiger partial charge in [0, 0.05) is 30.7 Å². The van der Waals surface area contributed by atoms with Gasteiger partial charge < -0.3 is 20.1 Å². The highest BCUT2D eigenvalue weighted by Gasteiger charge is 2.39. The minimum atomic E-state index is -0.778. The molecule has 6 heteroatoms. The molecule has 0 aromatic carbocycles. The van der Waals surface area contributed by atoms with Gasteiger partial charge in [0.05, 0.1) is 18.3 Å². The average Bonchev–Trinajstić information content (AvgIpc) is 3.20. The fraction of sp³-hybridized carbons (Fsp3) is 0.609. The van der Waals surface area contributed by atoms with Crippen LogP contribution >= 0.6 is 11.3 Å². The zero-order valence-corrected chi connectivity index (χ0v) is 18.2. The van der Waals surface area contributed by atoms with Crippen molar-refractivity contribution in [2.45, 2.75) is 70.2 Å². The van der Waals surface area contributed by atoms with E-state index in [0.29, 0.717) is 25.7 Å². The van der Waals surface area contributed by atoms with E-state index in [2.05, 4.69) is 18.4 Å². The van der Waals surface area contributed by atoms with E-state index in [-0.39, 0.29) is 24.4 Å². The first-order chi connectivity index (χ1) is 13.9. The first-order valence-corrected chi connectivity index (χ1v) is 11.3. The van der Waals surface area contributed by atoms with E-state index >= 15 is 0 Å². The highest BCUT2D eigenvalue weighted by Crippen LogP contribution is 2.36. The van der Waals surface area contributed by atoms with Crippen LogP contribution in [-0.2, 0) is 16.0 Å². The fourth-order valence-electron chi connectivity index (χ4n) is 3.96. The molecule has 1 heterocycles. The average molecular weight is 423 g/mol. The number of allylic oxidation sites excluding steroid dienone is 2. The minimum Gasteiger partial charge on any atom is -0.481 e. The van der Waals surface area contributed by atoms with E-state index in [1.54, 1.807) is 18.4 Å². The largest absolute Gasteiger partial charge is 0.481 e. The van der Waals surface area contributed by atoms with Gasteiger partial charge in [-0.3, -0.25) is 4.79 Å². The van der Waals surface area contributed by atoms with Gasteiger partial charge in [-0.15, -0.1) is 11.3 Å². The molecular weight excluding hydrogens is 388 g/mol. The molecule has 0 aliphatic heterocycles. The van der Waals surface area contributed by atoms with Crippen LogP contribution in [0.2, 0.25) is 0 Å². The first kappa shape index (κ1) is 23.8. The molecule has 0 spiro atoms. The molecule has 1 aliphatic carbocycles. The Balaban J connectivity index is 1.88. The number of aliphatic hydroxyl groups excluding tert-OH is 2.